The van der Waals surface area contributed by atoms with E-state index in [1.54, 1.807) is 23.4 Å². The largest absolute Gasteiger partial charge is 0.496 e. The van der Waals surface area contributed by atoms with Crippen molar-refractivity contribution in [2.75, 3.05) is 6.61 Å². The van der Waals surface area contributed by atoms with Crippen LogP contribution in [0.25, 0.3) is 0 Å². The number of ether oxygens (including phenoxy) is 1. The lowest BCUT2D eigenvalue weighted by atomic mass is 10.2. The van der Waals surface area contributed by atoms with Crippen molar-refractivity contribution >= 4 is 0 Å². The van der Waals surface area contributed by atoms with Crippen LogP contribution in [0.5, 0.6) is 0 Å². The van der Waals surface area contributed by atoms with Crippen LogP contribution in [0.1, 0.15) is 0 Å². The summed E-state index contributed by atoms with van der Waals surface area (Å²) in [5, 5.41) is 8.83. The first-order valence-corrected chi connectivity index (χ1v) is 3.98. The Labute approximate surface area is 76.5 Å². The molecule has 2 aliphatic rings. The quantitative estimate of drug-likeness (QED) is 0.557. The van der Waals surface area contributed by atoms with Crippen molar-refractivity contribution < 1.29 is 4.74 Å². The van der Waals surface area contributed by atoms with E-state index in [4.69, 9.17) is 10.00 Å². The van der Waals surface area contributed by atoms with Gasteiger partial charge in [0.1, 0.15) is 18.4 Å². The van der Waals surface area contributed by atoms with Gasteiger partial charge in [0.25, 0.3) is 0 Å². The molecule has 3 nitrogen and oxygen atoms in total. The van der Waals surface area contributed by atoms with Crippen LogP contribution in [-0.4, -0.2) is 11.5 Å². The van der Waals surface area contributed by atoms with Crippen molar-refractivity contribution in [3.05, 3.63) is 48.2 Å². The number of nitrogens with zero attached hydrogens (tertiary/aromatic N) is 2. The zero-order valence-corrected chi connectivity index (χ0v) is 6.97. The van der Waals surface area contributed by atoms with Crippen LogP contribution in [0.2, 0.25) is 0 Å². The fraction of sp³-hybridized carbons (Fsp3) is 0.100. The maximum Gasteiger partial charge on any atom is 0.124 e. The topological polar surface area (TPSA) is 36.3 Å². The maximum absolute atomic E-state index is 8.83. The average molecular weight is 172 g/mol. The predicted octanol–water partition coefficient (Wildman–Crippen LogP) is 1.65. The fourth-order valence-electron chi connectivity index (χ4n) is 1.25. The molecule has 0 unspecified atom stereocenters. The Morgan fingerprint density at radius 1 is 1.54 bits per heavy atom. The maximum atomic E-state index is 8.83. The zero-order valence-electron chi connectivity index (χ0n) is 6.97. The Kier molecular flexibility index (Phi) is 1.89. The molecule has 3 heteroatoms. The van der Waals surface area contributed by atoms with Crippen LogP contribution in [-0.2, 0) is 4.74 Å². The molecular formula is C10H8N2O. The minimum Gasteiger partial charge on any atom is -0.496 e. The summed E-state index contributed by atoms with van der Waals surface area (Å²) in [7, 11) is 0. The lowest BCUT2D eigenvalue weighted by molar-refractivity contribution is 0.289. The van der Waals surface area contributed by atoms with Gasteiger partial charge in [-0.25, -0.2) is 0 Å². The van der Waals surface area contributed by atoms with Gasteiger partial charge in [-0.15, -0.1) is 0 Å². The van der Waals surface area contributed by atoms with E-state index in [0.29, 0.717) is 12.3 Å². The normalized spacial score (nSPS) is 19.2. The van der Waals surface area contributed by atoms with Crippen molar-refractivity contribution in [1.29, 1.82) is 5.26 Å². The second-order valence-electron chi connectivity index (χ2n) is 2.64. The summed E-state index contributed by atoms with van der Waals surface area (Å²) in [5.41, 5.74) is 1.59. The van der Waals surface area contributed by atoms with E-state index in [-0.39, 0.29) is 0 Å². The lowest BCUT2D eigenvalue weighted by Crippen LogP contribution is -2.15. The second-order valence-corrected chi connectivity index (χ2v) is 2.64. The van der Waals surface area contributed by atoms with Crippen LogP contribution in [0.4, 0.5) is 0 Å². The summed E-state index contributed by atoms with van der Waals surface area (Å²) in [6, 6.07) is 2.12. The molecule has 0 saturated heterocycles. The Hall–Kier alpha value is -1.95. The minimum absolute atomic E-state index is 0.547. The third-order valence-electron chi connectivity index (χ3n) is 1.87. The molecule has 2 heterocycles. The number of nitriles is 1. The van der Waals surface area contributed by atoms with E-state index in [1.807, 2.05) is 18.2 Å². The smallest absolute Gasteiger partial charge is 0.124 e. The summed E-state index contributed by atoms with van der Waals surface area (Å²) in [6.07, 6.45) is 10.8. The molecule has 0 aromatic heterocycles. The molecule has 2 rings (SSSR count). The van der Waals surface area contributed by atoms with Gasteiger partial charge >= 0.3 is 0 Å². The van der Waals surface area contributed by atoms with Gasteiger partial charge < -0.3 is 9.64 Å². The summed E-state index contributed by atoms with van der Waals surface area (Å²) >= 11 is 0. The molecular weight excluding hydrogens is 164 g/mol. The Balaban J connectivity index is 2.41. The molecule has 0 saturated carbocycles. The van der Waals surface area contributed by atoms with Gasteiger partial charge in [0.15, 0.2) is 0 Å². The fourth-order valence-corrected chi connectivity index (χ4v) is 1.25. The molecule has 0 atom stereocenters. The van der Waals surface area contributed by atoms with Crippen LogP contribution in [0, 0.1) is 11.3 Å². The first-order valence-electron chi connectivity index (χ1n) is 3.98. The standard InChI is InChI=1S/C10H8N2O/c11-8-10-3-1-2-9-4-6-13-7-5-12(9)10/h1-5,7H,6H2. The number of rotatable bonds is 0. The second kappa shape index (κ2) is 3.20. The van der Waals surface area contributed by atoms with Gasteiger partial charge in [0, 0.05) is 11.9 Å². The number of fused-ring (bicyclic) bond motifs is 1. The Morgan fingerprint density at radius 3 is 3.31 bits per heavy atom. The van der Waals surface area contributed by atoms with Crippen molar-refractivity contribution in [2.45, 2.75) is 0 Å². The highest BCUT2D eigenvalue weighted by Crippen LogP contribution is 2.20. The summed E-state index contributed by atoms with van der Waals surface area (Å²) in [6.45, 7) is 0.547. The minimum atomic E-state index is 0.547. The van der Waals surface area contributed by atoms with Crippen LogP contribution in [0.3, 0.4) is 0 Å². The van der Waals surface area contributed by atoms with Gasteiger partial charge in [0.2, 0.25) is 0 Å². The van der Waals surface area contributed by atoms with Crippen molar-refractivity contribution in [3.63, 3.8) is 0 Å². The molecule has 0 N–H and O–H groups in total. The van der Waals surface area contributed by atoms with Crippen LogP contribution in [0.15, 0.2) is 48.2 Å². The van der Waals surface area contributed by atoms with Gasteiger partial charge in [-0.2, -0.15) is 5.26 Å². The monoisotopic (exact) mass is 172 g/mol. The van der Waals surface area contributed by atoms with Crippen molar-refractivity contribution in [3.8, 4) is 6.07 Å². The molecule has 64 valence electrons. The first kappa shape index (κ1) is 7.69. The highest BCUT2D eigenvalue weighted by molar-refractivity contribution is 5.40. The highest BCUT2D eigenvalue weighted by atomic mass is 16.5. The first-order chi connectivity index (χ1) is 6.42. The SMILES string of the molecule is N#CC1=CC=CC2=CCOC=CN12. The van der Waals surface area contributed by atoms with E-state index in [1.165, 1.54) is 0 Å². The van der Waals surface area contributed by atoms with Crippen molar-refractivity contribution in [1.82, 2.24) is 4.90 Å². The molecule has 0 aromatic rings. The number of hydrogen-bond acceptors (Lipinski definition) is 3. The van der Waals surface area contributed by atoms with Gasteiger partial charge in [-0.3, -0.25) is 0 Å². The van der Waals surface area contributed by atoms with Crippen molar-refractivity contribution in [2.24, 2.45) is 0 Å². The van der Waals surface area contributed by atoms with E-state index < -0.39 is 0 Å². The number of hydrogen-bond donors (Lipinski definition) is 0. The summed E-state index contributed by atoms with van der Waals surface area (Å²) in [4.78, 5) is 1.80. The van der Waals surface area contributed by atoms with Gasteiger partial charge in [-0.1, -0.05) is 6.08 Å². The van der Waals surface area contributed by atoms with E-state index in [9.17, 15) is 0 Å². The van der Waals surface area contributed by atoms with E-state index in [0.717, 1.165) is 5.70 Å². The van der Waals surface area contributed by atoms with Gasteiger partial charge in [0.05, 0.1) is 6.26 Å². The zero-order chi connectivity index (χ0) is 9.10. The molecule has 13 heavy (non-hydrogen) atoms. The summed E-state index contributed by atoms with van der Waals surface area (Å²) in [5.74, 6) is 0. The summed E-state index contributed by atoms with van der Waals surface area (Å²) < 4.78 is 5.11. The predicted molar refractivity (Wildman–Crippen MR) is 47.9 cm³/mol. The number of allylic oxidation sites excluding steroid dienone is 4. The van der Waals surface area contributed by atoms with Crippen LogP contribution < -0.4 is 0 Å². The van der Waals surface area contributed by atoms with E-state index in [2.05, 4.69) is 6.07 Å². The molecule has 0 fully saturated rings. The molecule has 2 aliphatic heterocycles. The van der Waals surface area contributed by atoms with Gasteiger partial charge in [-0.05, 0) is 18.2 Å². The molecule has 0 aliphatic carbocycles. The Morgan fingerprint density at radius 2 is 2.46 bits per heavy atom. The highest BCUT2D eigenvalue weighted by Gasteiger charge is 2.13. The lowest BCUT2D eigenvalue weighted by Gasteiger charge is -2.20. The molecule has 0 aromatic carbocycles. The molecule has 0 amide bonds. The molecule has 0 spiro atoms. The average Bonchev–Trinajstić information content (AvgIpc) is 2.41. The molecule has 0 radical (unpaired) electrons. The third-order valence-corrected chi connectivity index (χ3v) is 1.87. The third kappa shape index (κ3) is 1.34. The Bertz CT molecular complexity index is 369. The van der Waals surface area contributed by atoms with E-state index >= 15 is 0 Å². The molecule has 0 bridgehead atoms. The van der Waals surface area contributed by atoms with Crippen LogP contribution >= 0.6 is 0 Å².